The van der Waals surface area contributed by atoms with E-state index in [9.17, 15) is 4.39 Å². The largest absolute Gasteiger partial charge is 0.365 e. The first kappa shape index (κ1) is 15.9. The number of fused-ring (bicyclic) bond motifs is 1. The fourth-order valence-corrected chi connectivity index (χ4v) is 3.24. The summed E-state index contributed by atoms with van der Waals surface area (Å²) in [6.45, 7) is 1.06. The summed E-state index contributed by atoms with van der Waals surface area (Å²) in [4.78, 5) is 8.81. The quantitative estimate of drug-likeness (QED) is 0.551. The lowest BCUT2D eigenvalue weighted by atomic mass is 10.1. The lowest BCUT2D eigenvalue weighted by Gasteiger charge is -2.25. The molecule has 0 saturated carbocycles. The van der Waals surface area contributed by atoms with Gasteiger partial charge in [-0.2, -0.15) is 4.98 Å². The number of hydrogen-bond donors (Lipinski definition) is 0. The van der Waals surface area contributed by atoms with Crippen molar-refractivity contribution < 1.29 is 13.7 Å². The molecular formula is C20H15FN4O2. The van der Waals surface area contributed by atoms with Crippen LogP contribution in [-0.2, 0) is 17.9 Å². The molecule has 2 aromatic carbocycles. The molecule has 6 nitrogen and oxygen atoms in total. The normalized spacial score (nSPS) is 16.3. The van der Waals surface area contributed by atoms with Crippen LogP contribution in [0, 0.1) is 5.82 Å². The molecule has 27 heavy (non-hydrogen) atoms. The van der Waals surface area contributed by atoms with Gasteiger partial charge >= 0.3 is 0 Å². The van der Waals surface area contributed by atoms with Crippen molar-refractivity contribution in [3.63, 3.8) is 0 Å². The third-order valence-electron chi connectivity index (χ3n) is 4.61. The minimum Gasteiger partial charge on any atom is -0.365 e. The van der Waals surface area contributed by atoms with Crippen LogP contribution in [0.1, 0.15) is 17.4 Å². The number of rotatable bonds is 3. The van der Waals surface area contributed by atoms with Crippen molar-refractivity contribution in [2.24, 2.45) is 0 Å². The maximum Gasteiger partial charge on any atom is 0.278 e. The summed E-state index contributed by atoms with van der Waals surface area (Å²) >= 11 is 0. The van der Waals surface area contributed by atoms with Gasteiger partial charge in [0.05, 0.1) is 25.2 Å². The standard InChI is InChI=1S/C20H15FN4O2/c21-15-8-4-7-14(9-15)19-23-20(27-24-19)18-16-11-26-17(10-25(16)12-22-18)13-5-2-1-3-6-13/h1-9,12,17H,10-11H2/t17-/m1/s1. The molecule has 5 rings (SSSR count). The van der Waals surface area contributed by atoms with E-state index in [4.69, 9.17) is 9.26 Å². The number of benzene rings is 2. The van der Waals surface area contributed by atoms with E-state index >= 15 is 0 Å². The Morgan fingerprint density at radius 1 is 1.07 bits per heavy atom. The van der Waals surface area contributed by atoms with Gasteiger partial charge in [0.1, 0.15) is 11.9 Å². The minimum atomic E-state index is -0.349. The molecule has 7 heteroatoms. The van der Waals surface area contributed by atoms with Crippen LogP contribution < -0.4 is 0 Å². The predicted octanol–water partition coefficient (Wildman–Crippen LogP) is 4.01. The van der Waals surface area contributed by atoms with Gasteiger partial charge in [0.25, 0.3) is 5.89 Å². The fraction of sp³-hybridized carbons (Fsp3) is 0.150. The lowest BCUT2D eigenvalue weighted by Crippen LogP contribution is -2.20. The zero-order valence-corrected chi connectivity index (χ0v) is 14.2. The molecule has 1 aliphatic rings. The summed E-state index contributed by atoms with van der Waals surface area (Å²) in [6.07, 6.45) is 1.74. The van der Waals surface area contributed by atoms with Crippen LogP contribution in [0.2, 0.25) is 0 Å². The minimum absolute atomic E-state index is 0.0220. The van der Waals surface area contributed by atoms with Crippen LogP contribution in [0.15, 0.2) is 65.4 Å². The predicted molar refractivity (Wildman–Crippen MR) is 94.9 cm³/mol. The Kier molecular flexibility index (Phi) is 3.79. The third kappa shape index (κ3) is 2.92. The Labute approximate surface area is 154 Å². The zero-order chi connectivity index (χ0) is 18.2. The summed E-state index contributed by atoms with van der Waals surface area (Å²) in [5, 5.41) is 3.95. The summed E-state index contributed by atoms with van der Waals surface area (Å²) < 4.78 is 26.8. The average molecular weight is 362 g/mol. The number of imidazole rings is 1. The molecule has 1 aliphatic heterocycles. The van der Waals surface area contributed by atoms with E-state index < -0.39 is 0 Å². The van der Waals surface area contributed by atoms with E-state index in [0.717, 1.165) is 11.3 Å². The monoisotopic (exact) mass is 362 g/mol. The molecule has 0 amide bonds. The van der Waals surface area contributed by atoms with Gasteiger partial charge in [-0.05, 0) is 17.7 Å². The van der Waals surface area contributed by atoms with Crippen molar-refractivity contribution in [2.45, 2.75) is 19.3 Å². The molecule has 0 unspecified atom stereocenters. The molecule has 2 aromatic heterocycles. The molecule has 0 spiro atoms. The number of nitrogens with zero attached hydrogens (tertiary/aromatic N) is 4. The van der Waals surface area contributed by atoms with Gasteiger partial charge in [-0.3, -0.25) is 0 Å². The van der Waals surface area contributed by atoms with Crippen molar-refractivity contribution in [3.05, 3.63) is 78.0 Å². The second-order valence-electron chi connectivity index (χ2n) is 6.34. The highest BCUT2D eigenvalue weighted by Crippen LogP contribution is 2.31. The van der Waals surface area contributed by atoms with Gasteiger partial charge in [0.2, 0.25) is 5.82 Å². The average Bonchev–Trinajstić information content (AvgIpc) is 3.35. The first-order chi connectivity index (χ1) is 13.3. The fourth-order valence-electron chi connectivity index (χ4n) is 3.24. The van der Waals surface area contributed by atoms with Gasteiger partial charge in [-0.15, -0.1) is 0 Å². The van der Waals surface area contributed by atoms with Crippen molar-refractivity contribution >= 4 is 0 Å². The third-order valence-corrected chi connectivity index (χ3v) is 4.61. The molecule has 4 aromatic rings. The molecule has 0 saturated heterocycles. The highest BCUT2D eigenvalue weighted by Gasteiger charge is 2.26. The number of hydrogen-bond acceptors (Lipinski definition) is 5. The Morgan fingerprint density at radius 2 is 1.96 bits per heavy atom. The molecule has 0 fully saturated rings. The van der Waals surface area contributed by atoms with E-state index in [-0.39, 0.29) is 11.9 Å². The van der Waals surface area contributed by atoms with Gasteiger partial charge in [0, 0.05) is 5.56 Å². The number of aromatic nitrogens is 4. The highest BCUT2D eigenvalue weighted by atomic mass is 19.1. The zero-order valence-electron chi connectivity index (χ0n) is 14.2. The maximum atomic E-state index is 13.4. The highest BCUT2D eigenvalue weighted by molar-refractivity contribution is 5.59. The SMILES string of the molecule is Fc1cccc(-c2noc(-c3ncn4c3CO[C@@H](c3ccccc3)C4)n2)c1. The van der Waals surface area contributed by atoms with Crippen molar-refractivity contribution in [1.29, 1.82) is 0 Å². The van der Waals surface area contributed by atoms with Crippen LogP contribution in [0.5, 0.6) is 0 Å². The van der Waals surface area contributed by atoms with E-state index in [1.165, 1.54) is 12.1 Å². The number of halogens is 1. The smallest absolute Gasteiger partial charge is 0.278 e. The molecule has 0 radical (unpaired) electrons. The second-order valence-corrected chi connectivity index (χ2v) is 6.34. The summed E-state index contributed by atoms with van der Waals surface area (Å²) in [5.41, 5.74) is 3.16. The Hall–Kier alpha value is -3.32. The Balaban J connectivity index is 1.43. The van der Waals surface area contributed by atoms with Crippen LogP contribution in [-0.4, -0.2) is 19.7 Å². The summed E-state index contributed by atoms with van der Waals surface area (Å²) in [7, 11) is 0. The topological polar surface area (TPSA) is 66.0 Å². The second kappa shape index (κ2) is 6.44. The summed E-state index contributed by atoms with van der Waals surface area (Å²) in [5.74, 6) is 0.272. The van der Waals surface area contributed by atoms with Gasteiger partial charge in [-0.25, -0.2) is 9.37 Å². The summed E-state index contributed by atoms with van der Waals surface area (Å²) in [6, 6.07) is 16.2. The van der Waals surface area contributed by atoms with E-state index in [1.54, 1.807) is 18.5 Å². The van der Waals surface area contributed by atoms with Gasteiger partial charge in [-0.1, -0.05) is 47.6 Å². The van der Waals surface area contributed by atoms with Crippen LogP contribution in [0.3, 0.4) is 0 Å². The lowest BCUT2D eigenvalue weighted by molar-refractivity contribution is 0.00330. The molecule has 3 heterocycles. The van der Waals surface area contributed by atoms with Gasteiger partial charge < -0.3 is 13.8 Å². The van der Waals surface area contributed by atoms with Crippen LogP contribution in [0.25, 0.3) is 23.0 Å². The van der Waals surface area contributed by atoms with Gasteiger partial charge in [0.15, 0.2) is 5.69 Å². The molecule has 0 N–H and O–H groups in total. The van der Waals surface area contributed by atoms with Crippen LogP contribution >= 0.6 is 0 Å². The first-order valence-corrected chi connectivity index (χ1v) is 8.58. The molecule has 0 aliphatic carbocycles. The molecule has 0 bridgehead atoms. The van der Waals surface area contributed by atoms with Crippen molar-refractivity contribution in [3.8, 4) is 23.0 Å². The van der Waals surface area contributed by atoms with Crippen LogP contribution in [0.4, 0.5) is 4.39 Å². The maximum absolute atomic E-state index is 13.4. The van der Waals surface area contributed by atoms with Crippen molar-refractivity contribution in [1.82, 2.24) is 19.7 Å². The molecular weight excluding hydrogens is 347 g/mol. The first-order valence-electron chi connectivity index (χ1n) is 8.58. The van der Waals surface area contributed by atoms with E-state index in [1.807, 2.05) is 22.8 Å². The molecule has 134 valence electrons. The van der Waals surface area contributed by atoms with E-state index in [0.29, 0.717) is 36.1 Å². The Morgan fingerprint density at radius 3 is 2.81 bits per heavy atom. The van der Waals surface area contributed by atoms with E-state index in [2.05, 4.69) is 27.3 Å². The number of ether oxygens (including phenoxy) is 1. The Bertz CT molecular complexity index is 1090. The molecule has 1 atom stereocenters. The van der Waals surface area contributed by atoms with Crippen molar-refractivity contribution in [2.75, 3.05) is 0 Å².